The fourth-order valence-electron chi connectivity index (χ4n) is 3.34. The summed E-state index contributed by atoms with van der Waals surface area (Å²) in [5.74, 6) is -2.43. The first-order chi connectivity index (χ1) is 12.3. The fourth-order valence-corrected chi connectivity index (χ4v) is 3.34. The third kappa shape index (κ3) is 4.97. The molecule has 1 fully saturated rings. The quantitative estimate of drug-likeness (QED) is 0.549. The number of rotatable bonds is 7. The van der Waals surface area contributed by atoms with E-state index in [0.717, 1.165) is 31.5 Å². The molecule has 1 atom stereocenters. The molecular formula is C20H25F2NO3. The van der Waals surface area contributed by atoms with Crippen LogP contribution < -0.4 is 0 Å². The van der Waals surface area contributed by atoms with Crippen molar-refractivity contribution in [3.8, 4) is 0 Å². The molecule has 26 heavy (non-hydrogen) atoms. The maximum absolute atomic E-state index is 13.4. The number of methoxy groups -OCH3 is 1. The van der Waals surface area contributed by atoms with Crippen LogP contribution in [0, 0.1) is 11.6 Å². The maximum atomic E-state index is 13.4. The molecule has 1 aliphatic rings. The Hall–Kier alpha value is -2.08. The second-order valence-electron chi connectivity index (χ2n) is 6.81. The van der Waals surface area contributed by atoms with Crippen molar-refractivity contribution in [1.82, 2.24) is 4.90 Å². The Bertz CT molecular complexity index is 700. The average molecular weight is 365 g/mol. The Morgan fingerprint density at radius 1 is 1.31 bits per heavy atom. The molecule has 0 spiro atoms. The van der Waals surface area contributed by atoms with Crippen molar-refractivity contribution in [2.24, 2.45) is 0 Å². The number of hydrogen-bond acceptors (Lipinski definition) is 4. The molecule has 1 aromatic rings. The highest BCUT2D eigenvalue weighted by atomic mass is 19.2. The van der Waals surface area contributed by atoms with Crippen LogP contribution in [0.3, 0.4) is 0 Å². The molecule has 0 amide bonds. The Morgan fingerprint density at radius 2 is 2.04 bits per heavy atom. The molecule has 0 N–H and O–H groups in total. The summed E-state index contributed by atoms with van der Waals surface area (Å²) < 4.78 is 31.2. The van der Waals surface area contributed by atoms with Crippen LogP contribution in [-0.2, 0) is 20.7 Å². The van der Waals surface area contributed by atoms with E-state index in [1.165, 1.54) is 13.2 Å². The predicted molar refractivity (Wildman–Crippen MR) is 94.6 cm³/mol. The lowest BCUT2D eigenvalue weighted by Gasteiger charge is -2.26. The van der Waals surface area contributed by atoms with Crippen LogP contribution in [0.15, 0.2) is 29.8 Å². The first-order valence-electron chi connectivity index (χ1n) is 8.83. The van der Waals surface area contributed by atoms with Gasteiger partial charge in [-0.15, -0.1) is 0 Å². The number of esters is 1. The molecule has 1 aromatic carbocycles. The Labute approximate surface area is 152 Å². The van der Waals surface area contributed by atoms with Crippen molar-refractivity contribution in [3.05, 3.63) is 47.0 Å². The fraction of sp³-hybridized carbons (Fsp3) is 0.500. The third-order valence-corrected chi connectivity index (χ3v) is 4.70. The Morgan fingerprint density at radius 3 is 2.65 bits per heavy atom. The number of carbonyl (C=O) groups is 2. The van der Waals surface area contributed by atoms with Crippen molar-refractivity contribution < 1.29 is 23.1 Å². The number of benzene rings is 1. The van der Waals surface area contributed by atoms with Crippen molar-refractivity contribution >= 4 is 11.8 Å². The zero-order valence-corrected chi connectivity index (χ0v) is 15.4. The topological polar surface area (TPSA) is 46.6 Å². The highest BCUT2D eigenvalue weighted by molar-refractivity contribution is 5.91. The van der Waals surface area contributed by atoms with Gasteiger partial charge in [-0.25, -0.2) is 13.6 Å². The highest BCUT2D eigenvalue weighted by Gasteiger charge is 2.31. The van der Waals surface area contributed by atoms with Gasteiger partial charge in [0.1, 0.15) is 0 Å². The lowest BCUT2D eigenvalue weighted by Crippen LogP contribution is -2.40. The summed E-state index contributed by atoms with van der Waals surface area (Å²) in [4.78, 5) is 26.7. The van der Waals surface area contributed by atoms with Gasteiger partial charge in [-0.05, 0) is 50.9 Å². The van der Waals surface area contributed by atoms with Gasteiger partial charge in [-0.1, -0.05) is 12.1 Å². The zero-order chi connectivity index (χ0) is 19.3. The number of halogens is 2. The van der Waals surface area contributed by atoms with Gasteiger partial charge in [-0.3, -0.25) is 9.69 Å². The maximum Gasteiger partial charge on any atom is 0.333 e. The molecule has 2 rings (SSSR count). The van der Waals surface area contributed by atoms with Gasteiger partial charge in [0.05, 0.1) is 13.2 Å². The van der Waals surface area contributed by atoms with Gasteiger partial charge < -0.3 is 4.74 Å². The first-order valence-corrected chi connectivity index (χ1v) is 8.83. The molecule has 6 heteroatoms. The Balaban J connectivity index is 2.12. The molecule has 0 saturated carbocycles. The molecule has 1 aliphatic heterocycles. The van der Waals surface area contributed by atoms with Crippen molar-refractivity contribution in [3.63, 3.8) is 0 Å². The van der Waals surface area contributed by atoms with Crippen LogP contribution in [0.5, 0.6) is 0 Å². The minimum Gasteiger partial charge on any atom is -0.466 e. The van der Waals surface area contributed by atoms with Gasteiger partial charge >= 0.3 is 5.97 Å². The molecular weight excluding hydrogens is 340 g/mol. The zero-order valence-electron chi connectivity index (χ0n) is 15.4. The summed E-state index contributed by atoms with van der Waals surface area (Å²) in [6, 6.07) is 3.63. The number of likely N-dealkylation sites (tertiary alicyclic amines) is 1. The number of nitrogens with zero attached hydrogens (tertiary/aromatic N) is 1. The number of allylic oxidation sites excluding steroid dienone is 1. The van der Waals surface area contributed by atoms with E-state index in [1.54, 1.807) is 6.08 Å². The smallest absolute Gasteiger partial charge is 0.333 e. The van der Waals surface area contributed by atoms with E-state index in [9.17, 15) is 18.4 Å². The molecule has 0 unspecified atom stereocenters. The summed E-state index contributed by atoms with van der Waals surface area (Å²) in [7, 11) is 1.25. The van der Waals surface area contributed by atoms with E-state index >= 15 is 0 Å². The molecule has 0 radical (unpaired) electrons. The monoisotopic (exact) mass is 365 g/mol. The van der Waals surface area contributed by atoms with Crippen molar-refractivity contribution in [1.29, 1.82) is 0 Å². The SMILES string of the molecule is COC(=O)/C(=C\CC(=O)[C@H]1CCCN1C(C)C)Cc1ccc(F)c(F)c1. The molecule has 0 aliphatic carbocycles. The van der Waals surface area contributed by atoms with Gasteiger partial charge in [0.15, 0.2) is 17.4 Å². The second-order valence-corrected chi connectivity index (χ2v) is 6.81. The van der Waals surface area contributed by atoms with Gasteiger partial charge in [0.2, 0.25) is 0 Å². The van der Waals surface area contributed by atoms with E-state index < -0.39 is 17.6 Å². The van der Waals surface area contributed by atoms with Gasteiger partial charge in [0.25, 0.3) is 0 Å². The number of ether oxygens (including phenoxy) is 1. The molecule has 0 aromatic heterocycles. The standard InChI is InChI=1S/C20H25F2NO3/c1-13(2)23-10-4-5-18(23)19(24)9-7-15(20(25)26-3)11-14-6-8-16(21)17(22)12-14/h6-8,12-13,18H,4-5,9-11H2,1-3H3/b15-7-/t18-/m1/s1. The van der Waals surface area contributed by atoms with Crippen LogP contribution in [0.4, 0.5) is 8.78 Å². The Kier molecular flexibility index (Phi) is 7.03. The summed E-state index contributed by atoms with van der Waals surface area (Å²) in [5.41, 5.74) is 0.707. The molecule has 1 saturated heterocycles. The molecule has 4 nitrogen and oxygen atoms in total. The van der Waals surface area contributed by atoms with Crippen LogP contribution >= 0.6 is 0 Å². The highest BCUT2D eigenvalue weighted by Crippen LogP contribution is 2.22. The molecule has 0 bridgehead atoms. The minimum absolute atomic E-state index is 0.0582. The largest absolute Gasteiger partial charge is 0.466 e. The average Bonchev–Trinajstić information content (AvgIpc) is 3.10. The van der Waals surface area contributed by atoms with Gasteiger partial charge in [0, 0.05) is 24.5 Å². The summed E-state index contributed by atoms with van der Waals surface area (Å²) in [6.45, 7) is 5.02. The predicted octanol–water partition coefficient (Wildman–Crippen LogP) is 3.44. The lowest BCUT2D eigenvalue weighted by atomic mass is 10.0. The lowest BCUT2D eigenvalue weighted by molar-refractivity contribution is -0.136. The van der Waals surface area contributed by atoms with E-state index in [1.807, 2.05) is 0 Å². The van der Waals surface area contributed by atoms with Gasteiger partial charge in [-0.2, -0.15) is 0 Å². The molecule has 142 valence electrons. The van der Waals surface area contributed by atoms with E-state index in [-0.39, 0.29) is 36.3 Å². The van der Waals surface area contributed by atoms with Crippen molar-refractivity contribution in [2.75, 3.05) is 13.7 Å². The number of carbonyl (C=O) groups excluding carboxylic acids is 2. The normalized spacial score (nSPS) is 18.4. The second kappa shape index (κ2) is 9.03. The van der Waals surface area contributed by atoms with E-state index in [4.69, 9.17) is 4.74 Å². The first kappa shape index (κ1) is 20.2. The summed E-state index contributed by atoms with van der Waals surface area (Å²) >= 11 is 0. The molecule has 1 heterocycles. The summed E-state index contributed by atoms with van der Waals surface area (Å²) in [5, 5.41) is 0. The van der Waals surface area contributed by atoms with Crippen LogP contribution in [0.1, 0.15) is 38.7 Å². The van der Waals surface area contributed by atoms with Crippen molar-refractivity contribution in [2.45, 2.75) is 51.6 Å². The van der Waals surface area contributed by atoms with E-state index in [0.29, 0.717) is 5.56 Å². The minimum atomic E-state index is -0.971. The number of Topliss-reactive ketones (excluding diaryl/α,β-unsaturated/α-hetero) is 1. The van der Waals surface area contributed by atoms with Crippen LogP contribution in [0.2, 0.25) is 0 Å². The van der Waals surface area contributed by atoms with Crippen LogP contribution in [0.25, 0.3) is 0 Å². The van der Waals surface area contributed by atoms with E-state index in [2.05, 4.69) is 18.7 Å². The summed E-state index contributed by atoms with van der Waals surface area (Å²) in [6.07, 6.45) is 3.54. The third-order valence-electron chi connectivity index (χ3n) is 4.70. The number of hydrogen-bond donors (Lipinski definition) is 0. The number of ketones is 1. The van der Waals surface area contributed by atoms with Crippen LogP contribution in [-0.4, -0.2) is 42.4 Å².